The zero-order chi connectivity index (χ0) is 25.5. The molecule has 3 N–H and O–H groups in total. The van der Waals surface area contributed by atoms with Gasteiger partial charge in [-0.2, -0.15) is 5.10 Å². The summed E-state index contributed by atoms with van der Waals surface area (Å²) >= 11 is 0. The van der Waals surface area contributed by atoms with Gasteiger partial charge in [0.1, 0.15) is 17.3 Å². The Morgan fingerprint density at radius 2 is 1.76 bits per heavy atom. The molecular weight excluding hydrogens is 465 g/mol. The third kappa shape index (κ3) is 4.29. The average molecular weight is 492 g/mol. The summed E-state index contributed by atoms with van der Waals surface area (Å²) in [4.78, 5) is 7.92. The molecule has 0 aliphatic heterocycles. The zero-order valence-corrected chi connectivity index (χ0v) is 20.8. The largest absolute Gasteiger partial charge is 0.497 e. The molecule has 7 heteroatoms. The van der Waals surface area contributed by atoms with E-state index in [1.807, 2.05) is 42.7 Å². The first kappa shape index (κ1) is 22.8. The Labute approximate surface area is 213 Å². The van der Waals surface area contributed by atoms with E-state index < -0.39 is 0 Å². The maximum absolute atomic E-state index is 14.3. The van der Waals surface area contributed by atoms with Crippen LogP contribution in [-0.2, 0) is 0 Å². The number of H-pyrrole nitrogens is 2. The molecule has 37 heavy (non-hydrogen) atoms. The quantitative estimate of drug-likeness (QED) is 0.227. The second kappa shape index (κ2) is 9.09. The van der Waals surface area contributed by atoms with E-state index in [0.717, 1.165) is 61.1 Å². The molecule has 6 nitrogen and oxygen atoms in total. The fourth-order valence-electron chi connectivity index (χ4n) is 4.78. The smallest absolute Gasteiger partial charge is 0.127 e. The van der Waals surface area contributed by atoms with Gasteiger partial charge in [-0.15, -0.1) is 0 Å². The minimum atomic E-state index is -0.338. The van der Waals surface area contributed by atoms with Gasteiger partial charge in [0, 0.05) is 46.4 Å². The number of hydrogen-bond acceptors (Lipinski definition) is 4. The van der Waals surface area contributed by atoms with Crippen molar-refractivity contribution in [2.45, 2.75) is 19.9 Å². The number of ether oxygens (including phenoxy) is 1. The van der Waals surface area contributed by atoms with E-state index in [-0.39, 0.29) is 5.82 Å². The number of fused-ring (bicyclic) bond motifs is 2. The van der Waals surface area contributed by atoms with Gasteiger partial charge in [0.05, 0.1) is 24.0 Å². The number of rotatable bonds is 6. The van der Waals surface area contributed by atoms with Crippen LogP contribution < -0.4 is 10.1 Å². The Bertz CT molecular complexity index is 1750. The highest BCUT2D eigenvalue weighted by Gasteiger charge is 2.15. The monoisotopic (exact) mass is 491 g/mol. The lowest BCUT2D eigenvalue weighted by Gasteiger charge is -2.11. The minimum absolute atomic E-state index is 0.320. The van der Waals surface area contributed by atoms with E-state index in [9.17, 15) is 4.39 Å². The number of pyridine rings is 1. The summed E-state index contributed by atoms with van der Waals surface area (Å²) in [6, 6.07) is 21.4. The van der Waals surface area contributed by atoms with Crippen LogP contribution in [0.3, 0.4) is 0 Å². The number of anilines is 1. The minimum Gasteiger partial charge on any atom is -0.497 e. The molecule has 0 radical (unpaired) electrons. The predicted octanol–water partition coefficient (Wildman–Crippen LogP) is 7.41. The van der Waals surface area contributed by atoms with E-state index in [4.69, 9.17) is 4.74 Å². The first-order valence-electron chi connectivity index (χ1n) is 12.2. The Hall–Kier alpha value is -4.65. The van der Waals surface area contributed by atoms with Gasteiger partial charge < -0.3 is 15.0 Å². The molecule has 6 aromatic rings. The van der Waals surface area contributed by atoms with Crippen molar-refractivity contribution in [3.05, 3.63) is 84.9 Å². The molecule has 3 heterocycles. The summed E-state index contributed by atoms with van der Waals surface area (Å²) in [5.74, 6) is 0.144. The lowest BCUT2D eigenvalue weighted by atomic mass is 10.0. The molecule has 0 saturated heterocycles. The van der Waals surface area contributed by atoms with Crippen LogP contribution in [0.1, 0.15) is 13.8 Å². The zero-order valence-electron chi connectivity index (χ0n) is 20.8. The highest BCUT2D eigenvalue weighted by molar-refractivity contribution is 6.02. The first-order chi connectivity index (χ1) is 18.0. The molecular formula is C30H26FN5O. The highest BCUT2D eigenvalue weighted by Crippen LogP contribution is 2.36. The van der Waals surface area contributed by atoms with Crippen molar-refractivity contribution in [1.82, 2.24) is 20.2 Å². The maximum atomic E-state index is 14.3. The van der Waals surface area contributed by atoms with E-state index in [0.29, 0.717) is 11.8 Å². The Morgan fingerprint density at radius 3 is 2.59 bits per heavy atom. The predicted molar refractivity (Wildman–Crippen MR) is 147 cm³/mol. The summed E-state index contributed by atoms with van der Waals surface area (Å²) in [5, 5.41) is 13.2. The van der Waals surface area contributed by atoms with Crippen LogP contribution in [0, 0.1) is 5.82 Å². The third-order valence-corrected chi connectivity index (χ3v) is 6.43. The van der Waals surface area contributed by atoms with Crippen molar-refractivity contribution in [3.8, 4) is 39.4 Å². The Morgan fingerprint density at radius 1 is 0.865 bits per heavy atom. The van der Waals surface area contributed by atoms with Crippen molar-refractivity contribution in [2.75, 3.05) is 12.4 Å². The molecule has 0 saturated carbocycles. The van der Waals surface area contributed by atoms with Gasteiger partial charge in [-0.05, 0) is 73.0 Å². The lowest BCUT2D eigenvalue weighted by Crippen LogP contribution is -2.09. The van der Waals surface area contributed by atoms with Gasteiger partial charge in [0.25, 0.3) is 0 Å². The molecule has 0 fully saturated rings. The molecule has 0 aliphatic rings. The number of halogens is 1. The summed E-state index contributed by atoms with van der Waals surface area (Å²) in [6.07, 6.45) is 3.70. The average Bonchev–Trinajstić information content (AvgIpc) is 3.51. The van der Waals surface area contributed by atoms with Gasteiger partial charge in [0.15, 0.2) is 0 Å². The maximum Gasteiger partial charge on any atom is 0.127 e. The molecule has 6 rings (SSSR count). The molecule has 0 atom stereocenters. The molecule has 3 aromatic carbocycles. The van der Waals surface area contributed by atoms with E-state index in [1.54, 1.807) is 0 Å². The molecule has 0 spiro atoms. The van der Waals surface area contributed by atoms with Crippen molar-refractivity contribution < 1.29 is 9.13 Å². The SMILES string of the molecule is COc1cc(F)cc(-c2cccc3[nH]c(-c4n[nH]c5ccc(-c6cncc(NC(C)C)c6)cc45)cc23)c1. The second-order valence-electron chi connectivity index (χ2n) is 9.42. The summed E-state index contributed by atoms with van der Waals surface area (Å²) in [5.41, 5.74) is 8.32. The van der Waals surface area contributed by atoms with Crippen molar-refractivity contribution >= 4 is 27.5 Å². The topological polar surface area (TPSA) is 78.6 Å². The Balaban J connectivity index is 1.45. The summed E-state index contributed by atoms with van der Waals surface area (Å²) < 4.78 is 19.5. The van der Waals surface area contributed by atoms with Crippen molar-refractivity contribution in [1.29, 1.82) is 0 Å². The number of nitrogens with zero attached hydrogens (tertiary/aromatic N) is 2. The van der Waals surface area contributed by atoms with Crippen LogP contribution in [0.5, 0.6) is 5.75 Å². The van der Waals surface area contributed by atoms with Crippen LogP contribution in [0.2, 0.25) is 0 Å². The van der Waals surface area contributed by atoms with E-state index in [2.05, 4.69) is 63.6 Å². The number of aromatic amines is 2. The summed E-state index contributed by atoms with van der Waals surface area (Å²) in [6.45, 7) is 4.21. The number of aromatic nitrogens is 4. The van der Waals surface area contributed by atoms with E-state index in [1.165, 1.54) is 19.2 Å². The fraction of sp³-hybridized carbons (Fsp3) is 0.133. The third-order valence-electron chi connectivity index (χ3n) is 6.43. The van der Waals surface area contributed by atoms with Crippen LogP contribution >= 0.6 is 0 Å². The van der Waals surface area contributed by atoms with Crippen molar-refractivity contribution in [2.24, 2.45) is 0 Å². The molecule has 184 valence electrons. The normalized spacial score (nSPS) is 11.5. The first-order valence-corrected chi connectivity index (χ1v) is 12.2. The van der Waals surface area contributed by atoms with Crippen LogP contribution in [0.25, 0.3) is 55.4 Å². The van der Waals surface area contributed by atoms with E-state index >= 15 is 0 Å². The standard InChI is InChI=1S/C30H26FN5O/c1-17(2)33-22-10-20(15-32-16-22)18-7-8-28-26(12-18)30(36-35-28)29-14-25-24(5-4-6-27(25)34-29)19-9-21(31)13-23(11-19)37-3/h4-17,33-34H,1-3H3,(H,35,36). The van der Waals surface area contributed by atoms with Crippen LogP contribution in [-0.4, -0.2) is 33.3 Å². The molecule has 0 unspecified atom stereocenters. The number of nitrogens with one attached hydrogen (secondary N) is 3. The van der Waals surface area contributed by atoms with Crippen LogP contribution in [0.4, 0.5) is 10.1 Å². The molecule has 0 bridgehead atoms. The number of methoxy groups -OCH3 is 1. The van der Waals surface area contributed by atoms with Gasteiger partial charge in [0.2, 0.25) is 0 Å². The van der Waals surface area contributed by atoms with Gasteiger partial charge in [-0.1, -0.05) is 18.2 Å². The van der Waals surface area contributed by atoms with Gasteiger partial charge in [-0.25, -0.2) is 4.39 Å². The van der Waals surface area contributed by atoms with Crippen molar-refractivity contribution in [3.63, 3.8) is 0 Å². The second-order valence-corrected chi connectivity index (χ2v) is 9.42. The lowest BCUT2D eigenvalue weighted by molar-refractivity contribution is 0.411. The van der Waals surface area contributed by atoms with Gasteiger partial charge in [-0.3, -0.25) is 10.1 Å². The Kier molecular flexibility index (Phi) is 5.60. The van der Waals surface area contributed by atoms with Crippen LogP contribution in [0.15, 0.2) is 79.1 Å². The van der Waals surface area contributed by atoms with Gasteiger partial charge >= 0.3 is 0 Å². The fourth-order valence-corrected chi connectivity index (χ4v) is 4.78. The molecule has 0 aliphatic carbocycles. The number of benzene rings is 3. The summed E-state index contributed by atoms with van der Waals surface area (Å²) in [7, 11) is 1.54. The highest BCUT2D eigenvalue weighted by atomic mass is 19.1. The molecule has 3 aromatic heterocycles. The number of hydrogen-bond donors (Lipinski definition) is 3. The molecule has 0 amide bonds.